The summed E-state index contributed by atoms with van der Waals surface area (Å²) in [6.45, 7) is 0. The molecule has 0 spiro atoms. The van der Waals surface area contributed by atoms with Gasteiger partial charge in [0, 0.05) is 5.56 Å². The third kappa shape index (κ3) is 1.60. The van der Waals surface area contributed by atoms with Gasteiger partial charge in [0.1, 0.15) is 0 Å². The Bertz CT molecular complexity index is 450. The number of hydrogen-bond donors (Lipinski definition) is 0. The van der Waals surface area contributed by atoms with E-state index in [1.54, 1.807) is 18.2 Å². The van der Waals surface area contributed by atoms with Gasteiger partial charge in [-0.15, -0.1) is 10.2 Å². The molecule has 1 atom stereocenters. The molecular formula is C9H5N3OS. The SMILES string of the molecule is N#Cc1cccc(C2N=NC(=S)O2)c1. The lowest BCUT2D eigenvalue weighted by atomic mass is 10.1. The number of thiocarbonyl (C=S) groups is 1. The van der Waals surface area contributed by atoms with E-state index in [0.717, 1.165) is 5.56 Å². The van der Waals surface area contributed by atoms with E-state index in [4.69, 9.17) is 22.2 Å². The van der Waals surface area contributed by atoms with Gasteiger partial charge >= 0.3 is 5.17 Å². The van der Waals surface area contributed by atoms with E-state index >= 15 is 0 Å². The van der Waals surface area contributed by atoms with Crippen molar-refractivity contribution in [3.8, 4) is 6.07 Å². The molecule has 1 heterocycles. The van der Waals surface area contributed by atoms with E-state index in [-0.39, 0.29) is 5.17 Å². The normalized spacial score (nSPS) is 19.1. The monoisotopic (exact) mass is 203 g/mol. The van der Waals surface area contributed by atoms with Crippen molar-refractivity contribution in [3.63, 3.8) is 0 Å². The molecular weight excluding hydrogens is 198 g/mol. The lowest BCUT2D eigenvalue weighted by molar-refractivity contribution is 0.227. The maximum absolute atomic E-state index is 8.69. The van der Waals surface area contributed by atoms with Crippen LogP contribution in [0.1, 0.15) is 17.4 Å². The largest absolute Gasteiger partial charge is 0.436 e. The smallest absolute Gasteiger partial charge is 0.304 e. The van der Waals surface area contributed by atoms with Gasteiger partial charge in [0.2, 0.25) is 6.23 Å². The molecule has 0 aromatic heterocycles. The van der Waals surface area contributed by atoms with E-state index < -0.39 is 6.23 Å². The van der Waals surface area contributed by atoms with Crippen LogP contribution in [0.5, 0.6) is 0 Å². The molecule has 68 valence electrons. The van der Waals surface area contributed by atoms with Gasteiger partial charge in [-0.05, 0) is 24.4 Å². The molecule has 1 aromatic carbocycles. The Labute approximate surface area is 85.8 Å². The second-order valence-corrected chi connectivity index (χ2v) is 3.04. The molecule has 0 N–H and O–H groups in total. The maximum Gasteiger partial charge on any atom is 0.304 e. The van der Waals surface area contributed by atoms with Gasteiger partial charge in [-0.1, -0.05) is 12.1 Å². The molecule has 14 heavy (non-hydrogen) atoms. The Hall–Kier alpha value is -1.80. The van der Waals surface area contributed by atoms with Gasteiger partial charge in [-0.25, -0.2) is 0 Å². The van der Waals surface area contributed by atoms with E-state index in [2.05, 4.69) is 10.2 Å². The van der Waals surface area contributed by atoms with Crippen LogP contribution in [0.15, 0.2) is 34.5 Å². The van der Waals surface area contributed by atoms with Crippen molar-refractivity contribution in [3.05, 3.63) is 35.4 Å². The third-order valence-electron chi connectivity index (χ3n) is 1.76. The first-order valence-corrected chi connectivity index (χ1v) is 4.32. The zero-order valence-electron chi connectivity index (χ0n) is 7.04. The number of ether oxygens (including phenoxy) is 1. The number of nitriles is 1. The zero-order chi connectivity index (χ0) is 9.97. The minimum atomic E-state index is -0.490. The number of hydrogen-bond acceptors (Lipinski definition) is 4. The van der Waals surface area contributed by atoms with Gasteiger partial charge < -0.3 is 4.74 Å². The van der Waals surface area contributed by atoms with Crippen LogP contribution in [0, 0.1) is 11.3 Å². The highest BCUT2D eigenvalue weighted by molar-refractivity contribution is 7.80. The fourth-order valence-corrected chi connectivity index (χ4v) is 1.28. The molecule has 5 heteroatoms. The summed E-state index contributed by atoms with van der Waals surface area (Å²) in [7, 11) is 0. The Balaban J connectivity index is 2.30. The van der Waals surface area contributed by atoms with E-state index in [9.17, 15) is 0 Å². The van der Waals surface area contributed by atoms with Crippen molar-refractivity contribution in [2.45, 2.75) is 6.23 Å². The Morgan fingerprint density at radius 2 is 2.36 bits per heavy atom. The van der Waals surface area contributed by atoms with Crippen molar-refractivity contribution in [1.82, 2.24) is 0 Å². The lowest BCUT2D eigenvalue weighted by Gasteiger charge is -2.05. The number of azo groups is 1. The standard InChI is InChI=1S/C9H5N3OS/c10-5-6-2-1-3-7(4-6)8-11-12-9(14)13-8/h1-4,8H. The highest BCUT2D eigenvalue weighted by Gasteiger charge is 2.19. The molecule has 4 nitrogen and oxygen atoms in total. The molecule has 1 aliphatic rings. The fraction of sp³-hybridized carbons (Fsp3) is 0.111. The molecule has 0 saturated heterocycles. The van der Waals surface area contributed by atoms with Crippen molar-refractivity contribution in [2.75, 3.05) is 0 Å². The number of rotatable bonds is 1. The summed E-state index contributed by atoms with van der Waals surface area (Å²) in [4.78, 5) is 0. The summed E-state index contributed by atoms with van der Waals surface area (Å²) in [6.07, 6.45) is -0.490. The van der Waals surface area contributed by atoms with Crippen LogP contribution in [0.4, 0.5) is 0 Å². The Morgan fingerprint density at radius 1 is 1.50 bits per heavy atom. The highest BCUT2D eigenvalue weighted by atomic mass is 32.1. The van der Waals surface area contributed by atoms with Crippen molar-refractivity contribution in [2.24, 2.45) is 10.2 Å². The van der Waals surface area contributed by atoms with Crippen molar-refractivity contribution in [1.29, 1.82) is 5.26 Å². The van der Waals surface area contributed by atoms with E-state index in [1.165, 1.54) is 0 Å². The van der Waals surface area contributed by atoms with Crippen LogP contribution in [-0.4, -0.2) is 5.17 Å². The third-order valence-corrected chi connectivity index (χ3v) is 1.94. The molecule has 0 saturated carbocycles. The minimum Gasteiger partial charge on any atom is -0.436 e. The molecule has 0 radical (unpaired) electrons. The number of benzene rings is 1. The summed E-state index contributed by atoms with van der Waals surface area (Å²) in [5, 5.41) is 16.2. The van der Waals surface area contributed by atoms with Crippen LogP contribution >= 0.6 is 12.2 Å². The molecule has 0 amide bonds. The van der Waals surface area contributed by atoms with Crippen molar-refractivity contribution < 1.29 is 4.74 Å². The average molecular weight is 203 g/mol. The van der Waals surface area contributed by atoms with Crippen LogP contribution in [0.3, 0.4) is 0 Å². The maximum atomic E-state index is 8.69. The van der Waals surface area contributed by atoms with Gasteiger partial charge in [-0.3, -0.25) is 0 Å². The van der Waals surface area contributed by atoms with Gasteiger partial charge in [0.05, 0.1) is 11.6 Å². The first kappa shape index (κ1) is 8.78. The molecule has 1 unspecified atom stereocenters. The minimum absolute atomic E-state index is 0.136. The first-order valence-electron chi connectivity index (χ1n) is 3.91. The second kappa shape index (κ2) is 3.52. The van der Waals surface area contributed by atoms with E-state index in [1.807, 2.05) is 12.1 Å². The highest BCUT2D eigenvalue weighted by Crippen LogP contribution is 2.25. The number of nitrogens with zero attached hydrogens (tertiary/aromatic N) is 3. The quantitative estimate of drug-likeness (QED) is 0.658. The molecule has 2 rings (SSSR count). The predicted molar refractivity (Wildman–Crippen MR) is 52.4 cm³/mol. The fourth-order valence-electron chi connectivity index (χ4n) is 1.14. The second-order valence-electron chi connectivity index (χ2n) is 2.69. The molecule has 0 bridgehead atoms. The van der Waals surface area contributed by atoms with Crippen LogP contribution in [-0.2, 0) is 4.74 Å². The van der Waals surface area contributed by atoms with Crippen LogP contribution in [0.25, 0.3) is 0 Å². The average Bonchev–Trinajstić information content (AvgIpc) is 2.65. The summed E-state index contributed by atoms with van der Waals surface area (Å²) >= 11 is 4.71. The summed E-state index contributed by atoms with van der Waals surface area (Å²) in [5.41, 5.74) is 1.35. The first-order chi connectivity index (χ1) is 6.79. The van der Waals surface area contributed by atoms with Gasteiger partial charge in [-0.2, -0.15) is 5.26 Å². The molecule has 1 aromatic rings. The molecule has 0 fully saturated rings. The van der Waals surface area contributed by atoms with Crippen LogP contribution in [0.2, 0.25) is 0 Å². The van der Waals surface area contributed by atoms with E-state index in [0.29, 0.717) is 5.56 Å². The Morgan fingerprint density at radius 3 is 3.00 bits per heavy atom. The predicted octanol–water partition coefficient (Wildman–Crippen LogP) is 2.32. The molecule has 1 aliphatic heterocycles. The summed E-state index contributed by atoms with van der Waals surface area (Å²) in [5.74, 6) is 0. The summed E-state index contributed by atoms with van der Waals surface area (Å²) in [6, 6.07) is 9.05. The lowest BCUT2D eigenvalue weighted by Crippen LogP contribution is -1.98. The van der Waals surface area contributed by atoms with Gasteiger partial charge in [0.15, 0.2) is 0 Å². The van der Waals surface area contributed by atoms with Gasteiger partial charge in [0.25, 0.3) is 0 Å². The Kier molecular flexibility index (Phi) is 2.21. The zero-order valence-corrected chi connectivity index (χ0v) is 7.86. The topological polar surface area (TPSA) is 57.7 Å². The van der Waals surface area contributed by atoms with Crippen molar-refractivity contribution >= 4 is 17.4 Å². The summed E-state index contributed by atoms with van der Waals surface area (Å²) < 4.78 is 5.14. The molecule has 0 aliphatic carbocycles. The van der Waals surface area contributed by atoms with Crippen LogP contribution < -0.4 is 0 Å².